The molecule has 0 spiro atoms. The predicted molar refractivity (Wildman–Crippen MR) is 328 cm³/mol. The molecule has 0 amide bonds. The molecule has 0 saturated carbocycles. The number of nitrogens with zero attached hydrogens (tertiary/aromatic N) is 2. The molecule has 8 aromatic rings. The molecule has 24 heteroatoms. The summed E-state index contributed by atoms with van der Waals surface area (Å²) < 4.78 is -2.85. The van der Waals surface area contributed by atoms with Crippen LogP contribution in [0.4, 0.5) is 0 Å². The zero-order valence-corrected chi connectivity index (χ0v) is 51.5. The third-order valence-corrected chi connectivity index (χ3v) is 16.7. The van der Waals surface area contributed by atoms with Crippen molar-refractivity contribution in [1.29, 1.82) is 0 Å². The number of hydrogen-bond acceptors (Lipinski definition) is 9. The largest absolute Gasteiger partial charge is 0.260 e. The summed E-state index contributed by atoms with van der Waals surface area (Å²) in [7, 11) is 0. The first kappa shape index (κ1) is 64.6. The second-order valence-electron chi connectivity index (χ2n) is 12.2. The van der Waals surface area contributed by atoms with Crippen molar-refractivity contribution in [3.63, 3.8) is 0 Å². The third-order valence-electron chi connectivity index (χ3n) is 7.54. The Kier molecular flexibility index (Phi) is 34.1. The van der Waals surface area contributed by atoms with E-state index in [1.807, 2.05) is 102 Å². The van der Waals surface area contributed by atoms with Gasteiger partial charge in [0.25, 0.3) is 0 Å². The molecule has 2 nitrogen and oxygen atoms in total. The van der Waals surface area contributed by atoms with Crippen molar-refractivity contribution >= 4 is 288 Å². The molecule has 0 N–H and O–H groups in total. The first-order valence-corrected chi connectivity index (χ1v) is 31.3. The van der Waals surface area contributed by atoms with Gasteiger partial charge in [0.2, 0.25) is 3.12 Å². The highest BCUT2D eigenvalue weighted by Crippen LogP contribution is 2.45. The lowest BCUT2D eigenvalue weighted by atomic mass is 10.1. The minimum absolute atomic E-state index is 0.344. The zero-order valence-electron chi connectivity index (χ0n) is 34.5. The van der Waals surface area contributed by atoms with Crippen LogP contribution >= 0.6 is 256 Å². The quantitative estimate of drug-likeness (QED) is 0.0934. The first-order chi connectivity index (χ1) is 32.8. The van der Waals surface area contributed by atoms with Gasteiger partial charge in [-0.2, -0.15) is 0 Å². The molecule has 6 aromatic carbocycles. The van der Waals surface area contributed by atoms with Gasteiger partial charge in [-0.15, -0.1) is 11.3 Å². The van der Waals surface area contributed by atoms with E-state index in [-0.39, 0.29) is 4.17 Å². The Labute approximate surface area is 507 Å². The highest BCUT2D eigenvalue weighted by molar-refractivity contribution is 8.05. The molecule has 370 valence electrons. The van der Waals surface area contributed by atoms with E-state index >= 15 is 0 Å². The van der Waals surface area contributed by atoms with Gasteiger partial charge in [-0.25, -0.2) is 4.98 Å². The summed E-state index contributed by atoms with van der Waals surface area (Å²) in [5.41, 5.74) is 0. The fourth-order valence-electron chi connectivity index (χ4n) is 5.08. The Morgan fingerprint density at radius 3 is 1.42 bits per heavy atom. The van der Waals surface area contributed by atoms with Crippen molar-refractivity contribution in [3.8, 4) is 0 Å². The third kappa shape index (κ3) is 29.4. The summed E-state index contributed by atoms with van der Waals surface area (Å²) in [5, 5.41) is 9.85. The Bertz CT molecular complexity index is 2610. The van der Waals surface area contributed by atoms with Crippen molar-refractivity contribution in [3.05, 3.63) is 163 Å². The SMILES string of the molecule is ClC(Cl)(Cl)Sc1cccc2ccccc12.ClC(Cl)SC(Cl)Cl.ClC(Cl)Sc1ccc2ccccc2c1.ClC(Cl)Sc1cccc2ccccc12.ClC(Cl)Sc1cccs1.ClC(Cl)Sc1cnccn1. The molecule has 0 atom stereocenters. The maximum Gasteiger partial charge on any atom is 0.241 e. The lowest BCUT2D eigenvalue weighted by Crippen LogP contribution is -1.93. The van der Waals surface area contributed by atoms with Crippen LogP contribution in [-0.2, 0) is 0 Å². The van der Waals surface area contributed by atoms with Gasteiger partial charge in [0.1, 0.15) is 5.03 Å². The van der Waals surface area contributed by atoms with E-state index in [0.717, 1.165) is 46.5 Å². The Hall–Kier alpha value is 1.33. The fourth-order valence-corrected chi connectivity index (χ4v) is 14.3. The molecular formula is C45H33Cl15N2S7. The van der Waals surface area contributed by atoms with Crippen molar-refractivity contribution in [1.82, 2.24) is 9.97 Å². The molecular weight excluding hydrogens is 1320 g/mol. The van der Waals surface area contributed by atoms with Crippen molar-refractivity contribution < 1.29 is 0 Å². The first-order valence-electron chi connectivity index (χ1n) is 18.8. The van der Waals surface area contributed by atoms with Gasteiger partial charge in [-0.05, 0) is 68.0 Å². The molecule has 0 fully saturated rings. The van der Waals surface area contributed by atoms with Crippen LogP contribution in [0.5, 0.6) is 0 Å². The maximum absolute atomic E-state index is 5.76. The van der Waals surface area contributed by atoms with Crippen molar-refractivity contribution in [2.75, 3.05) is 0 Å². The fraction of sp³-hybridized carbons (Fsp3) is 0.156. The molecule has 0 bridgehead atoms. The molecule has 0 saturated heterocycles. The highest BCUT2D eigenvalue weighted by atomic mass is 35.6. The number of fused-ring (bicyclic) bond motifs is 3. The Balaban J connectivity index is 0.000000223. The van der Waals surface area contributed by atoms with E-state index in [4.69, 9.17) is 174 Å². The van der Waals surface area contributed by atoms with E-state index in [0.29, 0.717) is 0 Å². The van der Waals surface area contributed by atoms with Gasteiger partial charge in [-0.3, -0.25) is 4.98 Å². The van der Waals surface area contributed by atoms with Gasteiger partial charge < -0.3 is 0 Å². The van der Waals surface area contributed by atoms with Crippen LogP contribution in [0.1, 0.15) is 0 Å². The van der Waals surface area contributed by atoms with E-state index in [1.54, 1.807) is 29.9 Å². The predicted octanol–water partition coefficient (Wildman–Crippen LogP) is 23.8. The average Bonchev–Trinajstić information content (AvgIpc) is 3.79. The summed E-state index contributed by atoms with van der Waals surface area (Å²) in [6.07, 6.45) is 4.81. The van der Waals surface area contributed by atoms with Crippen LogP contribution in [0.25, 0.3) is 32.3 Å². The van der Waals surface area contributed by atoms with Crippen LogP contribution in [-0.4, -0.2) is 38.1 Å². The van der Waals surface area contributed by atoms with E-state index in [2.05, 4.69) is 52.4 Å². The van der Waals surface area contributed by atoms with Gasteiger partial charge in [0.05, 0.1) is 10.4 Å². The van der Waals surface area contributed by atoms with Crippen LogP contribution in [0, 0.1) is 0 Å². The standard InChI is InChI=1S/C11H7Cl3S.2C11H8Cl2S.C5H4Cl2N2S.C5H4Cl2S2.C2H2Cl4S/c12-11(13,14)15-10-7-3-5-8-4-1-2-6-9(8)10;12-11(13)14-10-7-3-5-8-4-1-2-6-9(8)10;12-11(13)14-10-6-5-8-3-1-2-4-9(8)7-10;6-5(7)10-4-3-8-1-2-9-4;6-5(7)9-4-2-1-3-8-4;3-1(4)7-2(5)6/h1-7H;2*1-7,11H;1-3,5H;1-3,5H;1-2H. The summed E-state index contributed by atoms with van der Waals surface area (Å²) in [5.74, 6) is 0. The smallest absolute Gasteiger partial charge is 0.241 e. The van der Waals surface area contributed by atoms with Gasteiger partial charge in [0.15, 0.2) is 25.0 Å². The summed E-state index contributed by atoms with van der Waals surface area (Å²) in [4.78, 5) is 11.0. The van der Waals surface area contributed by atoms with E-state index in [9.17, 15) is 0 Å². The Morgan fingerprint density at radius 2 is 0.942 bits per heavy atom. The van der Waals surface area contributed by atoms with Gasteiger partial charge in [-0.1, -0.05) is 354 Å². The van der Waals surface area contributed by atoms with Crippen molar-refractivity contribution in [2.45, 2.75) is 52.1 Å². The number of hydrogen-bond donors (Lipinski definition) is 0. The average molecular weight is 1360 g/mol. The summed E-state index contributed by atoms with van der Waals surface area (Å²) in [6, 6.07) is 46.7. The molecule has 0 unspecified atom stereocenters. The van der Waals surface area contributed by atoms with Crippen LogP contribution in [0.15, 0.2) is 187 Å². The lowest BCUT2D eigenvalue weighted by molar-refractivity contribution is 1.06. The van der Waals surface area contributed by atoms with E-state index in [1.165, 1.54) is 80.4 Å². The van der Waals surface area contributed by atoms with Gasteiger partial charge in [0, 0.05) is 27.1 Å². The van der Waals surface area contributed by atoms with E-state index < -0.39 is 24.0 Å². The number of halogens is 15. The molecule has 0 aliphatic rings. The molecule has 8 rings (SSSR count). The number of thiophene rings is 1. The second-order valence-corrected chi connectivity index (χ2v) is 33.1. The second kappa shape index (κ2) is 36.4. The molecule has 2 heterocycles. The summed E-state index contributed by atoms with van der Waals surface area (Å²) >= 11 is 92.6. The monoisotopic (exact) mass is 1350 g/mol. The van der Waals surface area contributed by atoms with Crippen LogP contribution in [0.3, 0.4) is 0 Å². The summed E-state index contributed by atoms with van der Waals surface area (Å²) in [6.45, 7) is 0. The number of thioether (sulfide) groups is 6. The van der Waals surface area contributed by atoms with Crippen LogP contribution in [0.2, 0.25) is 0 Å². The molecule has 69 heavy (non-hydrogen) atoms. The topological polar surface area (TPSA) is 25.8 Å². The molecule has 0 aliphatic carbocycles. The van der Waals surface area contributed by atoms with Gasteiger partial charge >= 0.3 is 0 Å². The molecule has 0 radical (unpaired) electrons. The molecule has 2 aromatic heterocycles. The maximum atomic E-state index is 5.76. The molecule has 0 aliphatic heterocycles. The number of alkyl halides is 15. The zero-order chi connectivity index (χ0) is 50.8. The normalized spacial score (nSPS) is 11.1. The number of aromatic nitrogens is 2. The lowest BCUT2D eigenvalue weighted by Gasteiger charge is -2.11. The highest BCUT2D eigenvalue weighted by Gasteiger charge is 2.22. The minimum Gasteiger partial charge on any atom is -0.260 e. The van der Waals surface area contributed by atoms with Crippen molar-refractivity contribution in [2.24, 2.45) is 0 Å². The number of benzene rings is 6. The van der Waals surface area contributed by atoms with Crippen LogP contribution < -0.4 is 0 Å². The minimum atomic E-state index is -1.32. The number of rotatable bonds is 11. The Morgan fingerprint density at radius 1 is 0.435 bits per heavy atom.